The largest absolute Gasteiger partial charge is 0.447 e. The third-order valence-electron chi connectivity index (χ3n) is 1.33. The van der Waals surface area contributed by atoms with Crippen LogP contribution in [0, 0.1) is 11.3 Å². The lowest BCUT2D eigenvalue weighted by Crippen LogP contribution is -2.29. The predicted octanol–water partition coefficient (Wildman–Crippen LogP) is 0.0450. The number of hydrogen-bond donors (Lipinski definition) is 0. The van der Waals surface area contributed by atoms with E-state index in [0.29, 0.717) is 0 Å². The van der Waals surface area contributed by atoms with Crippen LogP contribution in [0.1, 0.15) is 0 Å². The lowest BCUT2D eigenvalue weighted by atomic mass is 10.4. The first-order chi connectivity index (χ1) is 5.75. The monoisotopic (exact) mass is 166 g/mol. The predicted molar refractivity (Wildman–Crippen MR) is 37.8 cm³/mol. The van der Waals surface area contributed by atoms with Gasteiger partial charge < -0.3 is 4.74 Å². The Kier molecular flexibility index (Phi) is 2.43. The number of cyclic esters (lactones) is 1. The van der Waals surface area contributed by atoms with Crippen molar-refractivity contribution in [2.24, 2.45) is 0 Å². The van der Waals surface area contributed by atoms with Crippen LogP contribution in [0.4, 0.5) is 4.79 Å². The molecule has 1 heterocycles. The normalized spacial score (nSPS) is 16.2. The van der Waals surface area contributed by atoms with Crippen molar-refractivity contribution in [1.29, 1.82) is 5.26 Å². The maximum absolute atomic E-state index is 11.0. The molecule has 5 nitrogen and oxygen atoms in total. The minimum absolute atomic E-state index is 0.227. The lowest BCUT2D eigenvalue weighted by Gasteiger charge is -2.05. The highest BCUT2D eigenvalue weighted by Gasteiger charge is 2.26. The van der Waals surface area contributed by atoms with E-state index in [1.54, 1.807) is 6.07 Å². The fraction of sp³-hybridized carbons (Fsp3) is 0.286. The van der Waals surface area contributed by atoms with Gasteiger partial charge in [-0.15, -0.1) is 0 Å². The zero-order valence-electron chi connectivity index (χ0n) is 6.19. The third-order valence-corrected chi connectivity index (χ3v) is 1.33. The fourth-order valence-electron chi connectivity index (χ4n) is 0.792. The van der Waals surface area contributed by atoms with Gasteiger partial charge in [0, 0.05) is 12.2 Å². The number of ether oxygens (including phenoxy) is 1. The van der Waals surface area contributed by atoms with E-state index >= 15 is 0 Å². The van der Waals surface area contributed by atoms with Crippen LogP contribution in [0.3, 0.4) is 0 Å². The van der Waals surface area contributed by atoms with Gasteiger partial charge in [-0.1, -0.05) is 0 Å². The van der Waals surface area contributed by atoms with Crippen molar-refractivity contribution in [3.8, 4) is 6.07 Å². The molecule has 12 heavy (non-hydrogen) atoms. The number of rotatable bonds is 1. The van der Waals surface area contributed by atoms with Crippen molar-refractivity contribution >= 4 is 12.0 Å². The zero-order chi connectivity index (χ0) is 8.97. The molecule has 1 aliphatic rings. The molecule has 1 fully saturated rings. The highest BCUT2D eigenvalue weighted by molar-refractivity contribution is 5.99. The number of nitrogens with zero attached hydrogens (tertiary/aromatic N) is 2. The first kappa shape index (κ1) is 8.27. The van der Waals surface area contributed by atoms with Gasteiger partial charge in [0.15, 0.2) is 0 Å². The second-order valence-corrected chi connectivity index (χ2v) is 2.07. The molecule has 1 aliphatic heterocycles. The standard InChI is InChI=1S/C7H6N2O3/c8-3-1-2-6(10)9-4-5-12-7(9)11/h1-2H,4-5H2/b2-1+. The van der Waals surface area contributed by atoms with E-state index < -0.39 is 12.0 Å². The van der Waals surface area contributed by atoms with Crippen molar-refractivity contribution in [2.45, 2.75) is 0 Å². The average molecular weight is 166 g/mol. The molecule has 0 unspecified atom stereocenters. The Bertz CT molecular complexity index is 277. The van der Waals surface area contributed by atoms with E-state index in [9.17, 15) is 9.59 Å². The maximum Gasteiger partial charge on any atom is 0.416 e. The van der Waals surface area contributed by atoms with Crippen LogP contribution in [0.25, 0.3) is 0 Å². The van der Waals surface area contributed by atoms with Gasteiger partial charge in [0.1, 0.15) is 6.61 Å². The molecular formula is C7H6N2O3. The molecule has 0 saturated carbocycles. The summed E-state index contributed by atoms with van der Waals surface area (Å²) in [6.45, 7) is 0.485. The molecule has 2 amide bonds. The number of hydrogen-bond acceptors (Lipinski definition) is 4. The number of carbonyl (C=O) groups is 2. The van der Waals surface area contributed by atoms with Crippen LogP contribution in [0.15, 0.2) is 12.2 Å². The van der Waals surface area contributed by atoms with Gasteiger partial charge in [-0.2, -0.15) is 5.26 Å². The Labute approximate surface area is 68.8 Å². The van der Waals surface area contributed by atoms with E-state index in [1.807, 2.05) is 0 Å². The second-order valence-electron chi connectivity index (χ2n) is 2.07. The molecular weight excluding hydrogens is 160 g/mol. The first-order valence-electron chi connectivity index (χ1n) is 3.30. The Morgan fingerprint density at radius 1 is 1.75 bits per heavy atom. The summed E-state index contributed by atoms with van der Waals surface area (Å²) in [4.78, 5) is 22.7. The van der Waals surface area contributed by atoms with E-state index in [2.05, 4.69) is 4.74 Å². The summed E-state index contributed by atoms with van der Waals surface area (Å²) < 4.78 is 4.52. The van der Waals surface area contributed by atoms with Crippen LogP contribution in [-0.4, -0.2) is 30.1 Å². The van der Waals surface area contributed by atoms with Gasteiger partial charge in [-0.3, -0.25) is 4.79 Å². The number of allylic oxidation sites excluding steroid dienone is 1. The Morgan fingerprint density at radius 2 is 2.50 bits per heavy atom. The van der Waals surface area contributed by atoms with Crippen LogP contribution in [0.5, 0.6) is 0 Å². The Hall–Kier alpha value is -1.83. The van der Waals surface area contributed by atoms with Gasteiger partial charge in [0.05, 0.1) is 12.6 Å². The first-order valence-corrected chi connectivity index (χ1v) is 3.30. The van der Waals surface area contributed by atoms with Crippen LogP contribution in [0.2, 0.25) is 0 Å². The van der Waals surface area contributed by atoms with Crippen molar-refractivity contribution in [1.82, 2.24) is 4.90 Å². The molecule has 0 aliphatic carbocycles. The SMILES string of the molecule is N#C/C=C/C(=O)N1CCOC1=O. The highest BCUT2D eigenvalue weighted by atomic mass is 16.6. The average Bonchev–Trinajstić information content (AvgIpc) is 2.47. The molecule has 0 aromatic carbocycles. The molecule has 62 valence electrons. The van der Waals surface area contributed by atoms with Gasteiger partial charge in [0.2, 0.25) is 0 Å². The van der Waals surface area contributed by atoms with Gasteiger partial charge in [0.25, 0.3) is 5.91 Å². The summed E-state index contributed by atoms with van der Waals surface area (Å²) in [6, 6.07) is 1.66. The molecule has 5 heteroatoms. The summed E-state index contributed by atoms with van der Waals surface area (Å²) >= 11 is 0. The van der Waals surface area contributed by atoms with Crippen molar-refractivity contribution in [3.63, 3.8) is 0 Å². The second kappa shape index (κ2) is 3.53. The molecule has 0 radical (unpaired) electrons. The number of imide groups is 1. The van der Waals surface area contributed by atoms with Gasteiger partial charge >= 0.3 is 6.09 Å². The summed E-state index contributed by atoms with van der Waals surface area (Å²) in [5.74, 6) is -0.515. The molecule has 1 saturated heterocycles. The molecule has 0 N–H and O–H groups in total. The number of carbonyl (C=O) groups excluding carboxylic acids is 2. The van der Waals surface area contributed by atoms with E-state index in [1.165, 1.54) is 0 Å². The smallest absolute Gasteiger partial charge is 0.416 e. The topological polar surface area (TPSA) is 70.4 Å². The number of nitriles is 1. The summed E-state index contributed by atoms with van der Waals surface area (Å²) in [6.07, 6.45) is 1.41. The third kappa shape index (κ3) is 1.61. The minimum Gasteiger partial charge on any atom is -0.447 e. The van der Waals surface area contributed by atoms with Gasteiger partial charge in [-0.25, -0.2) is 9.69 Å². The maximum atomic E-state index is 11.0. The zero-order valence-corrected chi connectivity index (χ0v) is 6.19. The Morgan fingerprint density at radius 3 is 3.00 bits per heavy atom. The van der Waals surface area contributed by atoms with E-state index in [-0.39, 0.29) is 13.2 Å². The van der Waals surface area contributed by atoms with Crippen molar-refractivity contribution < 1.29 is 14.3 Å². The van der Waals surface area contributed by atoms with E-state index in [4.69, 9.17) is 5.26 Å². The quantitative estimate of drug-likeness (QED) is 0.407. The lowest BCUT2D eigenvalue weighted by molar-refractivity contribution is -0.122. The van der Waals surface area contributed by atoms with E-state index in [0.717, 1.165) is 17.1 Å². The molecule has 0 aromatic rings. The highest BCUT2D eigenvalue weighted by Crippen LogP contribution is 2.03. The van der Waals surface area contributed by atoms with Crippen molar-refractivity contribution in [3.05, 3.63) is 12.2 Å². The summed E-state index contributed by atoms with van der Waals surface area (Å²) in [7, 11) is 0. The number of amides is 2. The molecule has 0 aromatic heterocycles. The molecule has 0 bridgehead atoms. The Balaban J connectivity index is 2.59. The van der Waals surface area contributed by atoms with Crippen LogP contribution < -0.4 is 0 Å². The minimum atomic E-state index is -0.650. The molecule has 0 spiro atoms. The van der Waals surface area contributed by atoms with Crippen molar-refractivity contribution in [2.75, 3.05) is 13.2 Å². The summed E-state index contributed by atoms with van der Waals surface area (Å²) in [5.41, 5.74) is 0. The fourth-order valence-corrected chi connectivity index (χ4v) is 0.792. The van der Waals surface area contributed by atoms with Gasteiger partial charge in [-0.05, 0) is 0 Å². The molecule has 0 atom stereocenters. The summed E-state index contributed by atoms with van der Waals surface area (Å²) in [5, 5.41) is 8.10. The van der Waals surface area contributed by atoms with Crippen LogP contribution >= 0.6 is 0 Å². The van der Waals surface area contributed by atoms with Crippen LogP contribution in [-0.2, 0) is 9.53 Å². The molecule has 1 rings (SSSR count).